The normalized spacial score (nSPS) is 11.8. The molecule has 0 saturated heterocycles. The molecule has 0 radical (unpaired) electrons. The van der Waals surface area contributed by atoms with E-state index >= 15 is 0 Å². The molecule has 3 aromatic rings. The van der Waals surface area contributed by atoms with E-state index in [1.807, 2.05) is 61.5 Å². The molecule has 0 aliphatic heterocycles. The van der Waals surface area contributed by atoms with Gasteiger partial charge in [0, 0.05) is 11.6 Å². The zero-order valence-corrected chi connectivity index (χ0v) is 17.1. The first-order chi connectivity index (χ1) is 13.1. The molecule has 140 valence electrons. The summed E-state index contributed by atoms with van der Waals surface area (Å²) in [6, 6.07) is 17.4. The fraction of sp³-hybridized carbons (Fsp3) is 0.211. The minimum Gasteiger partial charge on any atom is -0.356 e. The third-order valence-corrected chi connectivity index (χ3v) is 6.13. The molecule has 0 saturated carbocycles. The average Bonchev–Trinajstić information content (AvgIpc) is 3.14. The van der Waals surface area contributed by atoms with Crippen LogP contribution in [-0.2, 0) is 11.3 Å². The van der Waals surface area contributed by atoms with E-state index in [1.54, 1.807) is 0 Å². The van der Waals surface area contributed by atoms with Crippen LogP contribution in [0.2, 0.25) is 5.02 Å². The van der Waals surface area contributed by atoms with Crippen LogP contribution in [0.1, 0.15) is 24.1 Å². The van der Waals surface area contributed by atoms with Crippen molar-refractivity contribution in [1.29, 1.82) is 0 Å². The van der Waals surface area contributed by atoms with Crippen molar-refractivity contribution in [2.75, 3.05) is 11.1 Å². The van der Waals surface area contributed by atoms with Gasteiger partial charge in [-0.1, -0.05) is 83.2 Å². The Bertz CT molecular complexity index is 888. The Morgan fingerprint density at radius 2 is 1.89 bits per heavy atom. The number of amides is 1. The van der Waals surface area contributed by atoms with Crippen LogP contribution in [0, 0.1) is 0 Å². The largest absolute Gasteiger partial charge is 0.356 e. The summed E-state index contributed by atoms with van der Waals surface area (Å²) in [5, 5.41) is 15.8. The summed E-state index contributed by atoms with van der Waals surface area (Å²) in [4.78, 5) is 12.2. The second-order valence-corrected chi connectivity index (χ2v) is 8.42. The van der Waals surface area contributed by atoms with Crippen molar-refractivity contribution in [3.8, 4) is 0 Å². The van der Waals surface area contributed by atoms with Gasteiger partial charge < -0.3 is 10.6 Å². The zero-order valence-electron chi connectivity index (χ0n) is 14.7. The standard InChI is InChI=1S/C19H19ClN4OS2/c1-13(15-9-5-6-10-16(15)20)22-17(25)12-26-19-24-23-18(27-19)21-11-14-7-3-2-4-8-14/h2-10,13H,11-12H2,1H3,(H,21,23)(H,22,25)/t13-/m1/s1. The van der Waals surface area contributed by atoms with Crippen LogP contribution in [0.3, 0.4) is 0 Å². The van der Waals surface area contributed by atoms with Crippen LogP contribution in [0.25, 0.3) is 0 Å². The zero-order chi connectivity index (χ0) is 19.1. The van der Waals surface area contributed by atoms with Gasteiger partial charge in [-0.25, -0.2) is 0 Å². The fourth-order valence-corrected chi connectivity index (χ4v) is 4.29. The Balaban J connectivity index is 1.45. The number of aromatic nitrogens is 2. The molecule has 0 aliphatic rings. The highest BCUT2D eigenvalue weighted by molar-refractivity contribution is 8.01. The first-order valence-electron chi connectivity index (χ1n) is 8.39. The highest BCUT2D eigenvalue weighted by atomic mass is 35.5. The van der Waals surface area contributed by atoms with Gasteiger partial charge in [0.1, 0.15) is 0 Å². The first kappa shape index (κ1) is 19.7. The number of carbonyl (C=O) groups excluding carboxylic acids is 1. The fourth-order valence-electron chi connectivity index (χ4n) is 2.43. The van der Waals surface area contributed by atoms with Crippen LogP contribution in [-0.4, -0.2) is 21.9 Å². The Morgan fingerprint density at radius 1 is 1.15 bits per heavy atom. The van der Waals surface area contributed by atoms with Crippen LogP contribution in [0.15, 0.2) is 58.9 Å². The summed E-state index contributed by atoms with van der Waals surface area (Å²) >= 11 is 8.98. The number of nitrogens with one attached hydrogen (secondary N) is 2. The van der Waals surface area contributed by atoms with Gasteiger partial charge in [0.25, 0.3) is 0 Å². The van der Waals surface area contributed by atoms with E-state index in [0.717, 1.165) is 15.0 Å². The Labute approximate surface area is 171 Å². The second kappa shape index (κ2) is 9.73. The SMILES string of the molecule is C[C@@H](NC(=O)CSc1nnc(NCc2ccccc2)s1)c1ccccc1Cl. The van der Waals surface area contributed by atoms with E-state index in [4.69, 9.17) is 11.6 Å². The Morgan fingerprint density at radius 3 is 2.67 bits per heavy atom. The molecule has 2 N–H and O–H groups in total. The number of halogens is 1. The number of hydrogen-bond acceptors (Lipinski definition) is 6. The third kappa shape index (κ3) is 5.95. The molecule has 1 amide bonds. The molecular formula is C19H19ClN4OS2. The lowest BCUT2D eigenvalue weighted by molar-refractivity contribution is -0.119. The molecule has 2 aromatic carbocycles. The summed E-state index contributed by atoms with van der Waals surface area (Å²) in [5.74, 6) is 0.212. The molecule has 1 atom stereocenters. The van der Waals surface area contributed by atoms with Crippen molar-refractivity contribution >= 4 is 45.7 Å². The number of carbonyl (C=O) groups is 1. The van der Waals surface area contributed by atoms with Crippen LogP contribution in [0.5, 0.6) is 0 Å². The molecule has 1 aromatic heterocycles. The van der Waals surface area contributed by atoms with Gasteiger partial charge in [0.05, 0.1) is 11.8 Å². The highest BCUT2D eigenvalue weighted by Gasteiger charge is 2.13. The topological polar surface area (TPSA) is 66.9 Å². The van der Waals surface area contributed by atoms with Crippen molar-refractivity contribution in [3.63, 3.8) is 0 Å². The molecule has 27 heavy (non-hydrogen) atoms. The molecule has 0 unspecified atom stereocenters. The van der Waals surface area contributed by atoms with Crippen molar-refractivity contribution in [3.05, 3.63) is 70.7 Å². The maximum Gasteiger partial charge on any atom is 0.230 e. The summed E-state index contributed by atoms with van der Waals surface area (Å²) in [6.07, 6.45) is 0. The number of thioether (sulfide) groups is 1. The van der Waals surface area contributed by atoms with Gasteiger partial charge in [0.2, 0.25) is 11.0 Å². The highest BCUT2D eigenvalue weighted by Crippen LogP contribution is 2.26. The maximum absolute atomic E-state index is 12.2. The maximum atomic E-state index is 12.2. The van der Waals surface area contributed by atoms with Gasteiger partial charge >= 0.3 is 0 Å². The lowest BCUT2D eigenvalue weighted by Gasteiger charge is -2.15. The predicted molar refractivity (Wildman–Crippen MR) is 112 cm³/mol. The molecule has 5 nitrogen and oxygen atoms in total. The Kier molecular flexibility index (Phi) is 7.09. The van der Waals surface area contributed by atoms with Crippen LogP contribution >= 0.6 is 34.7 Å². The monoisotopic (exact) mass is 418 g/mol. The molecular weight excluding hydrogens is 400 g/mol. The summed E-state index contributed by atoms with van der Waals surface area (Å²) < 4.78 is 0.756. The van der Waals surface area contributed by atoms with Gasteiger partial charge in [0.15, 0.2) is 4.34 Å². The molecule has 1 heterocycles. The molecule has 0 spiro atoms. The van der Waals surface area contributed by atoms with E-state index in [2.05, 4.69) is 20.8 Å². The van der Waals surface area contributed by atoms with E-state index in [1.165, 1.54) is 28.7 Å². The van der Waals surface area contributed by atoms with E-state index < -0.39 is 0 Å². The second-order valence-electron chi connectivity index (χ2n) is 5.81. The lowest BCUT2D eigenvalue weighted by Crippen LogP contribution is -2.28. The number of anilines is 1. The lowest BCUT2D eigenvalue weighted by atomic mass is 10.1. The van der Waals surface area contributed by atoms with Gasteiger partial charge in [-0.2, -0.15) is 0 Å². The van der Waals surface area contributed by atoms with Crippen molar-refractivity contribution in [2.24, 2.45) is 0 Å². The smallest absolute Gasteiger partial charge is 0.230 e. The first-order valence-corrected chi connectivity index (χ1v) is 10.6. The van der Waals surface area contributed by atoms with E-state index in [9.17, 15) is 4.79 Å². The Hall–Kier alpha value is -2.09. The number of benzene rings is 2. The third-order valence-electron chi connectivity index (χ3n) is 3.77. The number of rotatable bonds is 8. The van der Waals surface area contributed by atoms with Gasteiger partial charge in [-0.05, 0) is 24.1 Å². The van der Waals surface area contributed by atoms with Crippen molar-refractivity contribution < 1.29 is 4.79 Å². The summed E-state index contributed by atoms with van der Waals surface area (Å²) in [5.41, 5.74) is 2.08. The van der Waals surface area contributed by atoms with Gasteiger partial charge in [-0.15, -0.1) is 10.2 Å². The van der Waals surface area contributed by atoms with Gasteiger partial charge in [-0.3, -0.25) is 4.79 Å². The molecule has 3 rings (SSSR count). The molecule has 0 aliphatic carbocycles. The van der Waals surface area contributed by atoms with Crippen molar-refractivity contribution in [2.45, 2.75) is 23.8 Å². The minimum absolute atomic E-state index is 0.0681. The summed E-state index contributed by atoms with van der Waals surface area (Å²) in [6.45, 7) is 2.61. The number of hydrogen-bond donors (Lipinski definition) is 2. The quantitative estimate of drug-likeness (QED) is 0.515. The molecule has 8 heteroatoms. The average molecular weight is 419 g/mol. The minimum atomic E-state index is -0.149. The van der Waals surface area contributed by atoms with Crippen molar-refractivity contribution in [1.82, 2.24) is 15.5 Å². The molecule has 0 bridgehead atoms. The summed E-state index contributed by atoms with van der Waals surface area (Å²) in [7, 11) is 0. The van der Waals surface area contributed by atoms with Crippen LogP contribution in [0.4, 0.5) is 5.13 Å². The number of nitrogens with zero attached hydrogens (tertiary/aromatic N) is 2. The van der Waals surface area contributed by atoms with E-state index in [-0.39, 0.29) is 17.7 Å². The predicted octanol–water partition coefficient (Wildman–Crippen LogP) is 4.77. The van der Waals surface area contributed by atoms with E-state index in [0.29, 0.717) is 11.6 Å². The molecule has 0 fully saturated rings. The van der Waals surface area contributed by atoms with Crippen LogP contribution < -0.4 is 10.6 Å².